The zero-order chi connectivity index (χ0) is 15.6. The minimum absolute atomic E-state index is 0.111. The summed E-state index contributed by atoms with van der Waals surface area (Å²) in [6.45, 7) is 1.39. The van der Waals surface area contributed by atoms with Gasteiger partial charge in [-0.15, -0.1) is 0 Å². The number of anilines is 3. The molecule has 0 spiro atoms. The fourth-order valence-corrected chi connectivity index (χ4v) is 1.54. The van der Waals surface area contributed by atoms with Crippen LogP contribution in [0.15, 0.2) is 18.3 Å². The number of hydrazine groups is 1. The lowest BCUT2D eigenvalue weighted by molar-refractivity contribution is -0.384. The number of aromatic nitrogens is 2. The summed E-state index contributed by atoms with van der Waals surface area (Å²) >= 11 is 0. The lowest BCUT2D eigenvalue weighted by Crippen LogP contribution is -2.12. The van der Waals surface area contributed by atoms with E-state index in [9.17, 15) is 18.9 Å². The zero-order valence-electron chi connectivity index (χ0n) is 10.7. The second kappa shape index (κ2) is 5.63. The molecular formula is C11H10F2N6O2. The Labute approximate surface area is 117 Å². The van der Waals surface area contributed by atoms with E-state index in [0.29, 0.717) is 0 Å². The third-order valence-electron chi connectivity index (χ3n) is 2.60. The fourth-order valence-electron chi connectivity index (χ4n) is 1.54. The standard InChI is InChI=1S/C11H10F2N6O2/c1-5-2-7(13)8(3-6(5)12)16-10-9(19(20)21)4-15-11(17-10)18-14/h2-4H,14H2,1H3,(H2,15,16,17,18). The molecule has 1 aromatic carbocycles. The third-order valence-corrected chi connectivity index (χ3v) is 2.60. The Kier molecular flexibility index (Phi) is 3.89. The van der Waals surface area contributed by atoms with E-state index in [2.05, 4.69) is 20.7 Å². The molecule has 8 nitrogen and oxygen atoms in total. The van der Waals surface area contributed by atoms with Gasteiger partial charge in [0, 0.05) is 6.07 Å². The SMILES string of the molecule is Cc1cc(F)c(Nc2nc(NN)ncc2[N+](=O)[O-])cc1F. The maximum absolute atomic E-state index is 13.7. The van der Waals surface area contributed by atoms with Gasteiger partial charge >= 0.3 is 5.69 Å². The van der Waals surface area contributed by atoms with Crippen molar-refractivity contribution in [3.63, 3.8) is 0 Å². The summed E-state index contributed by atoms with van der Waals surface area (Å²) < 4.78 is 27.2. The van der Waals surface area contributed by atoms with Crippen LogP contribution < -0.4 is 16.6 Å². The molecule has 0 unspecified atom stereocenters. The number of nitrogens with two attached hydrogens (primary N) is 1. The monoisotopic (exact) mass is 296 g/mol. The number of aryl methyl sites for hydroxylation is 1. The minimum atomic E-state index is -0.774. The Bertz CT molecular complexity index is 709. The molecule has 0 saturated heterocycles. The predicted molar refractivity (Wildman–Crippen MR) is 70.9 cm³/mol. The molecule has 2 rings (SSSR count). The van der Waals surface area contributed by atoms with Crippen molar-refractivity contribution in [3.05, 3.63) is 45.6 Å². The quantitative estimate of drug-likeness (QED) is 0.448. The third kappa shape index (κ3) is 3.00. The number of nitrogen functional groups attached to an aromatic ring is 1. The van der Waals surface area contributed by atoms with Crippen LogP contribution in [0.2, 0.25) is 0 Å². The molecule has 10 heteroatoms. The van der Waals surface area contributed by atoms with Crippen molar-refractivity contribution in [2.24, 2.45) is 5.84 Å². The Hall–Kier alpha value is -2.88. The van der Waals surface area contributed by atoms with Crippen LogP contribution in [0.3, 0.4) is 0 Å². The number of nitrogens with one attached hydrogen (secondary N) is 2. The van der Waals surface area contributed by atoms with Crippen molar-refractivity contribution >= 4 is 23.1 Å². The van der Waals surface area contributed by atoms with Gasteiger partial charge in [0.25, 0.3) is 0 Å². The molecule has 0 aliphatic heterocycles. The van der Waals surface area contributed by atoms with Gasteiger partial charge in [0.15, 0.2) is 0 Å². The first kappa shape index (κ1) is 14.5. The van der Waals surface area contributed by atoms with E-state index < -0.39 is 22.2 Å². The Morgan fingerprint density at radius 1 is 1.33 bits per heavy atom. The second-order valence-electron chi connectivity index (χ2n) is 4.04. The average Bonchev–Trinajstić information content (AvgIpc) is 2.44. The van der Waals surface area contributed by atoms with E-state index in [1.54, 1.807) is 0 Å². The number of nitrogens with zero attached hydrogens (tertiary/aromatic N) is 3. The van der Waals surface area contributed by atoms with Gasteiger partial charge < -0.3 is 5.32 Å². The van der Waals surface area contributed by atoms with Crippen LogP contribution >= 0.6 is 0 Å². The van der Waals surface area contributed by atoms with Gasteiger partial charge in [0.1, 0.15) is 17.8 Å². The number of nitro groups is 1. The van der Waals surface area contributed by atoms with Crippen LogP contribution in [-0.4, -0.2) is 14.9 Å². The van der Waals surface area contributed by atoms with Gasteiger partial charge in [-0.05, 0) is 18.6 Å². The minimum Gasteiger partial charge on any atom is -0.332 e. The molecule has 1 aromatic heterocycles. The first-order valence-electron chi connectivity index (χ1n) is 5.63. The van der Waals surface area contributed by atoms with Crippen LogP contribution in [-0.2, 0) is 0 Å². The van der Waals surface area contributed by atoms with Crippen LogP contribution in [0.5, 0.6) is 0 Å². The summed E-state index contributed by atoms with van der Waals surface area (Å²) in [5, 5.41) is 13.2. The summed E-state index contributed by atoms with van der Waals surface area (Å²) in [6.07, 6.45) is 0.896. The Balaban J connectivity index is 2.47. The molecule has 0 atom stereocenters. The van der Waals surface area contributed by atoms with E-state index >= 15 is 0 Å². The molecule has 0 fully saturated rings. The first-order chi connectivity index (χ1) is 9.92. The fraction of sp³-hybridized carbons (Fsp3) is 0.0909. The van der Waals surface area contributed by atoms with E-state index in [0.717, 1.165) is 18.3 Å². The summed E-state index contributed by atoms with van der Waals surface area (Å²) in [4.78, 5) is 17.4. The highest BCUT2D eigenvalue weighted by molar-refractivity contribution is 5.66. The molecule has 0 aliphatic carbocycles. The van der Waals surface area contributed by atoms with Crippen molar-refractivity contribution in [2.75, 3.05) is 10.7 Å². The molecule has 21 heavy (non-hydrogen) atoms. The van der Waals surface area contributed by atoms with Crippen molar-refractivity contribution in [1.82, 2.24) is 9.97 Å². The molecule has 0 radical (unpaired) electrons. The highest BCUT2D eigenvalue weighted by atomic mass is 19.1. The molecule has 0 amide bonds. The van der Waals surface area contributed by atoms with E-state index in [1.807, 2.05) is 0 Å². The van der Waals surface area contributed by atoms with Crippen LogP contribution in [0.1, 0.15) is 5.56 Å². The van der Waals surface area contributed by atoms with Crippen molar-refractivity contribution < 1.29 is 13.7 Å². The maximum atomic E-state index is 13.7. The van der Waals surface area contributed by atoms with Gasteiger partial charge in [0.05, 0.1) is 10.6 Å². The molecule has 0 bridgehead atoms. The lowest BCUT2D eigenvalue weighted by atomic mass is 10.2. The van der Waals surface area contributed by atoms with Gasteiger partial charge in [-0.1, -0.05) is 0 Å². The number of hydrogen-bond acceptors (Lipinski definition) is 7. The van der Waals surface area contributed by atoms with Crippen molar-refractivity contribution in [1.29, 1.82) is 0 Å². The van der Waals surface area contributed by atoms with Gasteiger partial charge in [-0.3, -0.25) is 15.5 Å². The molecule has 0 aliphatic rings. The van der Waals surface area contributed by atoms with Crippen molar-refractivity contribution in [2.45, 2.75) is 6.92 Å². The number of hydrogen-bond donors (Lipinski definition) is 3. The van der Waals surface area contributed by atoms with Gasteiger partial charge in [-0.2, -0.15) is 4.98 Å². The molecule has 2 aromatic rings. The highest BCUT2D eigenvalue weighted by Gasteiger charge is 2.19. The Morgan fingerprint density at radius 2 is 2.05 bits per heavy atom. The maximum Gasteiger partial charge on any atom is 0.329 e. The second-order valence-corrected chi connectivity index (χ2v) is 4.04. The molecule has 1 heterocycles. The summed E-state index contributed by atoms with van der Waals surface area (Å²) in [5.74, 6) is 3.24. The van der Waals surface area contributed by atoms with Gasteiger partial charge in [0.2, 0.25) is 11.8 Å². The van der Waals surface area contributed by atoms with E-state index in [-0.39, 0.29) is 23.0 Å². The largest absolute Gasteiger partial charge is 0.332 e. The zero-order valence-corrected chi connectivity index (χ0v) is 10.7. The number of benzene rings is 1. The predicted octanol–water partition coefficient (Wildman–Crippen LogP) is 2.00. The summed E-state index contributed by atoms with van der Waals surface area (Å²) in [5.41, 5.74) is 1.42. The van der Waals surface area contributed by atoms with Gasteiger partial charge in [-0.25, -0.2) is 19.6 Å². The van der Waals surface area contributed by atoms with Crippen LogP contribution in [0, 0.1) is 28.7 Å². The smallest absolute Gasteiger partial charge is 0.329 e. The topological polar surface area (TPSA) is 119 Å². The molecule has 0 saturated carbocycles. The van der Waals surface area contributed by atoms with E-state index in [1.165, 1.54) is 6.92 Å². The van der Waals surface area contributed by atoms with Crippen LogP contribution in [0.25, 0.3) is 0 Å². The number of rotatable bonds is 4. The molecule has 4 N–H and O–H groups in total. The summed E-state index contributed by atoms with van der Waals surface area (Å²) in [7, 11) is 0. The highest BCUT2D eigenvalue weighted by Crippen LogP contribution is 2.28. The first-order valence-corrected chi connectivity index (χ1v) is 5.63. The number of halogens is 2. The normalized spacial score (nSPS) is 10.3. The van der Waals surface area contributed by atoms with E-state index in [4.69, 9.17) is 5.84 Å². The molecule has 110 valence electrons. The Morgan fingerprint density at radius 3 is 2.67 bits per heavy atom. The summed E-state index contributed by atoms with van der Waals surface area (Å²) in [6, 6.07) is 1.85. The lowest BCUT2D eigenvalue weighted by Gasteiger charge is -2.09. The molecular weight excluding hydrogens is 286 g/mol. The average molecular weight is 296 g/mol. The van der Waals surface area contributed by atoms with Crippen molar-refractivity contribution in [3.8, 4) is 0 Å². The van der Waals surface area contributed by atoms with Crippen LogP contribution in [0.4, 0.5) is 31.9 Å².